The van der Waals surface area contributed by atoms with Crippen LogP contribution < -0.4 is 0 Å². The molecule has 3 aliphatic rings. The van der Waals surface area contributed by atoms with Crippen molar-refractivity contribution < 1.29 is 19.1 Å². The molecule has 3 heterocycles. The maximum Gasteiger partial charge on any atom is 0.320 e. The predicted molar refractivity (Wildman–Crippen MR) is 93.3 cm³/mol. The van der Waals surface area contributed by atoms with Gasteiger partial charge in [-0.15, -0.1) is 0 Å². The van der Waals surface area contributed by atoms with Crippen LogP contribution in [0.25, 0.3) is 0 Å². The van der Waals surface area contributed by atoms with Crippen LogP contribution in [0.2, 0.25) is 0 Å². The molecular weight excluding hydrogens is 322 g/mol. The van der Waals surface area contributed by atoms with E-state index in [9.17, 15) is 9.59 Å². The van der Waals surface area contributed by atoms with E-state index in [0.717, 1.165) is 25.9 Å². The Kier molecular flexibility index (Phi) is 6.53. The average molecular weight is 353 g/mol. The molecule has 0 unspecified atom stereocenters. The molecule has 25 heavy (non-hydrogen) atoms. The number of urea groups is 1. The summed E-state index contributed by atoms with van der Waals surface area (Å²) in [6.45, 7) is 9.05. The Morgan fingerprint density at radius 1 is 0.840 bits per heavy atom. The molecule has 3 aliphatic heterocycles. The van der Waals surface area contributed by atoms with Gasteiger partial charge in [-0.2, -0.15) is 0 Å². The first-order valence-corrected chi connectivity index (χ1v) is 9.66. The summed E-state index contributed by atoms with van der Waals surface area (Å²) in [7, 11) is 0. The van der Waals surface area contributed by atoms with E-state index in [-0.39, 0.29) is 11.9 Å². The fourth-order valence-corrected chi connectivity index (χ4v) is 4.11. The Bertz CT molecular complexity index is 461. The van der Waals surface area contributed by atoms with Crippen LogP contribution in [0.1, 0.15) is 26.2 Å². The topological polar surface area (TPSA) is 62.3 Å². The minimum absolute atomic E-state index is 0.139. The molecule has 0 bridgehead atoms. The molecule has 0 spiro atoms. The maximum absolute atomic E-state index is 12.7. The largest absolute Gasteiger partial charge is 0.378 e. The van der Waals surface area contributed by atoms with Crippen LogP contribution in [0, 0.1) is 11.8 Å². The molecule has 0 aromatic carbocycles. The van der Waals surface area contributed by atoms with Crippen molar-refractivity contribution in [1.29, 1.82) is 0 Å². The quantitative estimate of drug-likeness (QED) is 0.760. The molecule has 0 saturated carbocycles. The Balaban J connectivity index is 1.52. The molecule has 3 amide bonds. The minimum atomic E-state index is 0.139. The number of amides is 3. The lowest BCUT2D eigenvalue weighted by atomic mass is 9.81. The number of ether oxygens (including phenoxy) is 2. The van der Waals surface area contributed by atoms with Gasteiger partial charge in [0.25, 0.3) is 0 Å². The van der Waals surface area contributed by atoms with E-state index in [4.69, 9.17) is 9.47 Å². The lowest BCUT2D eigenvalue weighted by molar-refractivity contribution is -0.137. The molecule has 0 N–H and O–H groups in total. The monoisotopic (exact) mass is 353 g/mol. The number of hydrogen-bond donors (Lipinski definition) is 0. The number of piperidine rings is 1. The maximum atomic E-state index is 12.7. The van der Waals surface area contributed by atoms with Crippen molar-refractivity contribution in [1.82, 2.24) is 14.7 Å². The second-order valence-corrected chi connectivity index (χ2v) is 7.24. The number of carbonyl (C=O) groups is 2. The first kappa shape index (κ1) is 18.5. The van der Waals surface area contributed by atoms with Gasteiger partial charge in [0, 0.05) is 45.7 Å². The fourth-order valence-electron chi connectivity index (χ4n) is 4.11. The van der Waals surface area contributed by atoms with Crippen LogP contribution in [0.3, 0.4) is 0 Å². The summed E-state index contributed by atoms with van der Waals surface area (Å²) in [4.78, 5) is 31.1. The van der Waals surface area contributed by atoms with Crippen molar-refractivity contribution in [2.24, 2.45) is 11.8 Å². The molecular formula is C18H31N3O4. The van der Waals surface area contributed by atoms with Crippen LogP contribution in [0.5, 0.6) is 0 Å². The van der Waals surface area contributed by atoms with E-state index >= 15 is 0 Å². The molecule has 3 saturated heterocycles. The first-order chi connectivity index (χ1) is 12.2. The number of rotatable bonds is 3. The van der Waals surface area contributed by atoms with Gasteiger partial charge >= 0.3 is 6.03 Å². The van der Waals surface area contributed by atoms with Gasteiger partial charge in [0.2, 0.25) is 5.91 Å². The van der Waals surface area contributed by atoms with Gasteiger partial charge in [-0.05, 0) is 18.3 Å². The predicted octanol–water partition coefficient (Wildman–Crippen LogP) is 1.04. The van der Waals surface area contributed by atoms with Gasteiger partial charge in [0.15, 0.2) is 0 Å². The third-order valence-electron chi connectivity index (χ3n) is 5.77. The molecule has 7 heteroatoms. The zero-order valence-corrected chi connectivity index (χ0v) is 15.3. The minimum Gasteiger partial charge on any atom is -0.378 e. The van der Waals surface area contributed by atoms with Gasteiger partial charge in [-0.1, -0.05) is 13.3 Å². The van der Waals surface area contributed by atoms with Crippen molar-refractivity contribution in [2.75, 3.05) is 65.7 Å². The Labute approximate surface area is 150 Å². The lowest BCUT2D eigenvalue weighted by Gasteiger charge is -2.41. The molecule has 3 rings (SSSR count). The van der Waals surface area contributed by atoms with Crippen LogP contribution in [-0.2, 0) is 14.3 Å². The highest BCUT2D eigenvalue weighted by Gasteiger charge is 2.34. The summed E-state index contributed by atoms with van der Waals surface area (Å²) in [6.07, 6.45) is 2.54. The van der Waals surface area contributed by atoms with Crippen molar-refractivity contribution in [2.45, 2.75) is 26.2 Å². The fraction of sp³-hybridized carbons (Fsp3) is 0.889. The van der Waals surface area contributed by atoms with E-state index < -0.39 is 0 Å². The van der Waals surface area contributed by atoms with E-state index in [1.54, 1.807) is 0 Å². The molecule has 0 aromatic heterocycles. The number of nitrogens with zero attached hydrogens (tertiary/aromatic N) is 3. The number of likely N-dealkylation sites (tertiary alicyclic amines) is 1. The Morgan fingerprint density at radius 3 is 2.04 bits per heavy atom. The van der Waals surface area contributed by atoms with Gasteiger partial charge in [-0.3, -0.25) is 4.79 Å². The van der Waals surface area contributed by atoms with Crippen molar-refractivity contribution >= 4 is 11.9 Å². The summed E-state index contributed by atoms with van der Waals surface area (Å²) >= 11 is 0. The van der Waals surface area contributed by atoms with E-state index in [0.29, 0.717) is 70.9 Å². The van der Waals surface area contributed by atoms with Crippen molar-refractivity contribution in [3.8, 4) is 0 Å². The van der Waals surface area contributed by atoms with Gasteiger partial charge in [0.1, 0.15) is 0 Å². The second-order valence-electron chi connectivity index (χ2n) is 7.24. The number of morpholine rings is 2. The number of hydrogen-bond acceptors (Lipinski definition) is 4. The third kappa shape index (κ3) is 4.64. The van der Waals surface area contributed by atoms with E-state index in [1.165, 1.54) is 0 Å². The van der Waals surface area contributed by atoms with Crippen LogP contribution in [-0.4, -0.2) is 92.3 Å². The molecule has 0 aromatic rings. The zero-order valence-electron chi connectivity index (χ0n) is 15.3. The standard InChI is InChI=1S/C18H31N3O4/c1-2-15-14-21(18(23)20-7-11-25-12-8-20)4-3-16(15)13-17(22)19-5-9-24-10-6-19/h15-16H,2-14H2,1H3/t15-,16-/m0/s1. The summed E-state index contributed by atoms with van der Waals surface area (Å²) in [5.74, 6) is 1.04. The summed E-state index contributed by atoms with van der Waals surface area (Å²) < 4.78 is 10.7. The van der Waals surface area contributed by atoms with Crippen LogP contribution in [0.4, 0.5) is 4.79 Å². The highest BCUT2D eigenvalue weighted by atomic mass is 16.5. The van der Waals surface area contributed by atoms with Crippen LogP contribution in [0.15, 0.2) is 0 Å². The molecule has 0 radical (unpaired) electrons. The SMILES string of the molecule is CC[C@H]1CN(C(=O)N2CCOCC2)CC[C@H]1CC(=O)N1CCOCC1. The normalized spacial score (nSPS) is 28.1. The summed E-state index contributed by atoms with van der Waals surface area (Å²) in [5.41, 5.74) is 0. The van der Waals surface area contributed by atoms with Gasteiger partial charge < -0.3 is 24.2 Å². The summed E-state index contributed by atoms with van der Waals surface area (Å²) in [6, 6.07) is 0.139. The molecule has 2 atom stereocenters. The smallest absolute Gasteiger partial charge is 0.320 e. The Morgan fingerprint density at radius 2 is 1.44 bits per heavy atom. The molecule has 142 valence electrons. The zero-order chi connectivity index (χ0) is 17.6. The van der Waals surface area contributed by atoms with Crippen molar-refractivity contribution in [3.05, 3.63) is 0 Å². The molecule has 7 nitrogen and oxygen atoms in total. The van der Waals surface area contributed by atoms with Gasteiger partial charge in [0.05, 0.1) is 26.4 Å². The second kappa shape index (κ2) is 8.85. The van der Waals surface area contributed by atoms with Gasteiger partial charge in [-0.25, -0.2) is 4.79 Å². The van der Waals surface area contributed by atoms with Crippen LogP contribution >= 0.6 is 0 Å². The first-order valence-electron chi connectivity index (χ1n) is 9.66. The molecule has 0 aliphatic carbocycles. The molecule has 3 fully saturated rings. The highest BCUT2D eigenvalue weighted by molar-refractivity contribution is 5.77. The van der Waals surface area contributed by atoms with Crippen molar-refractivity contribution in [3.63, 3.8) is 0 Å². The average Bonchev–Trinajstić information content (AvgIpc) is 2.69. The van der Waals surface area contributed by atoms with E-state index in [1.807, 2.05) is 14.7 Å². The summed E-state index contributed by atoms with van der Waals surface area (Å²) in [5, 5.41) is 0. The number of carbonyl (C=O) groups excluding carboxylic acids is 2. The Hall–Kier alpha value is -1.34. The third-order valence-corrected chi connectivity index (χ3v) is 5.77. The highest BCUT2D eigenvalue weighted by Crippen LogP contribution is 2.30. The lowest BCUT2D eigenvalue weighted by Crippen LogP contribution is -2.52. The van der Waals surface area contributed by atoms with E-state index in [2.05, 4.69) is 6.92 Å².